The van der Waals surface area contributed by atoms with E-state index in [4.69, 9.17) is 4.74 Å². The van der Waals surface area contributed by atoms with Gasteiger partial charge in [0.05, 0.1) is 6.61 Å². The van der Waals surface area contributed by atoms with Crippen LogP contribution in [0.2, 0.25) is 0 Å². The molecular weight excluding hydrogens is 152 g/mol. The Morgan fingerprint density at radius 2 is 2.08 bits per heavy atom. The molecule has 2 nitrogen and oxygen atoms in total. The molecule has 0 N–H and O–H groups in total. The van der Waals surface area contributed by atoms with Gasteiger partial charge in [-0.25, -0.2) is 0 Å². The first-order valence-corrected chi connectivity index (χ1v) is 4.92. The summed E-state index contributed by atoms with van der Waals surface area (Å²) in [4.78, 5) is 10.4. The predicted octanol–water partition coefficient (Wildman–Crippen LogP) is 2.52. The molecule has 1 saturated carbocycles. The standard InChI is InChI=1S/C10H18O2/c1-9(11)12-8-4-2-3-5-10-6-7-10/h10H,2-8H2,1H3. The Morgan fingerprint density at radius 3 is 2.67 bits per heavy atom. The minimum absolute atomic E-state index is 0.155. The lowest BCUT2D eigenvalue weighted by molar-refractivity contribution is -0.141. The molecule has 0 amide bonds. The topological polar surface area (TPSA) is 26.3 Å². The van der Waals surface area contributed by atoms with Gasteiger partial charge >= 0.3 is 5.97 Å². The second kappa shape index (κ2) is 5.18. The van der Waals surface area contributed by atoms with Crippen LogP contribution in [-0.4, -0.2) is 12.6 Å². The first kappa shape index (κ1) is 9.56. The van der Waals surface area contributed by atoms with Crippen molar-refractivity contribution < 1.29 is 9.53 Å². The number of ether oxygens (including phenoxy) is 1. The summed E-state index contributed by atoms with van der Waals surface area (Å²) in [6.45, 7) is 2.07. The summed E-state index contributed by atoms with van der Waals surface area (Å²) in [5.74, 6) is 0.885. The number of hydrogen-bond donors (Lipinski definition) is 0. The Hall–Kier alpha value is -0.530. The lowest BCUT2D eigenvalue weighted by Gasteiger charge is -2.00. The average Bonchev–Trinajstić information content (AvgIpc) is 2.79. The number of unbranched alkanes of at least 4 members (excludes halogenated alkanes) is 2. The zero-order chi connectivity index (χ0) is 8.81. The van der Waals surface area contributed by atoms with Crippen LogP contribution in [0.5, 0.6) is 0 Å². The highest BCUT2D eigenvalue weighted by Gasteiger charge is 2.19. The highest BCUT2D eigenvalue weighted by molar-refractivity contribution is 5.65. The van der Waals surface area contributed by atoms with Crippen molar-refractivity contribution in [2.45, 2.75) is 45.4 Å². The van der Waals surface area contributed by atoms with Crippen molar-refractivity contribution in [1.82, 2.24) is 0 Å². The zero-order valence-electron chi connectivity index (χ0n) is 7.84. The van der Waals surface area contributed by atoms with Crippen molar-refractivity contribution in [3.05, 3.63) is 0 Å². The third-order valence-electron chi connectivity index (χ3n) is 2.26. The molecule has 0 aromatic heterocycles. The molecule has 0 heterocycles. The highest BCUT2D eigenvalue weighted by Crippen LogP contribution is 2.33. The maximum absolute atomic E-state index is 10.4. The van der Waals surface area contributed by atoms with Gasteiger partial charge in [-0.2, -0.15) is 0 Å². The van der Waals surface area contributed by atoms with Crippen molar-refractivity contribution in [1.29, 1.82) is 0 Å². The third kappa shape index (κ3) is 5.16. The number of hydrogen-bond acceptors (Lipinski definition) is 2. The minimum Gasteiger partial charge on any atom is -0.466 e. The van der Waals surface area contributed by atoms with E-state index in [1.54, 1.807) is 0 Å². The first-order chi connectivity index (χ1) is 5.79. The van der Waals surface area contributed by atoms with E-state index < -0.39 is 0 Å². The van der Waals surface area contributed by atoms with Crippen LogP contribution < -0.4 is 0 Å². The van der Waals surface area contributed by atoms with Gasteiger partial charge < -0.3 is 4.74 Å². The Morgan fingerprint density at radius 1 is 1.33 bits per heavy atom. The van der Waals surface area contributed by atoms with Crippen LogP contribution in [0.3, 0.4) is 0 Å². The number of esters is 1. The summed E-state index contributed by atoms with van der Waals surface area (Å²) in [7, 11) is 0. The summed E-state index contributed by atoms with van der Waals surface area (Å²) in [5.41, 5.74) is 0. The van der Waals surface area contributed by atoms with Gasteiger partial charge in [-0.3, -0.25) is 4.79 Å². The molecule has 0 radical (unpaired) electrons. The molecule has 0 spiro atoms. The van der Waals surface area contributed by atoms with Crippen molar-refractivity contribution in [3.8, 4) is 0 Å². The summed E-state index contributed by atoms with van der Waals surface area (Å²) < 4.78 is 4.83. The van der Waals surface area contributed by atoms with Gasteiger partial charge in [-0.05, 0) is 12.3 Å². The zero-order valence-corrected chi connectivity index (χ0v) is 7.84. The van der Waals surface area contributed by atoms with E-state index in [2.05, 4.69) is 0 Å². The second-order valence-corrected chi connectivity index (χ2v) is 3.63. The molecule has 2 heteroatoms. The number of carbonyl (C=O) groups excluding carboxylic acids is 1. The van der Waals surface area contributed by atoms with Crippen LogP contribution in [0.25, 0.3) is 0 Å². The summed E-state index contributed by atoms with van der Waals surface area (Å²) in [5, 5.41) is 0. The normalized spacial score (nSPS) is 16.1. The van der Waals surface area contributed by atoms with Crippen molar-refractivity contribution in [3.63, 3.8) is 0 Å². The summed E-state index contributed by atoms with van der Waals surface area (Å²) >= 11 is 0. The Kier molecular flexibility index (Phi) is 4.12. The van der Waals surface area contributed by atoms with Gasteiger partial charge in [0.15, 0.2) is 0 Å². The number of rotatable bonds is 6. The fourth-order valence-corrected chi connectivity index (χ4v) is 1.33. The van der Waals surface area contributed by atoms with Crippen LogP contribution >= 0.6 is 0 Å². The lowest BCUT2D eigenvalue weighted by Crippen LogP contribution is -2.00. The van der Waals surface area contributed by atoms with Crippen LogP contribution in [-0.2, 0) is 9.53 Å². The fourth-order valence-electron chi connectivity index (χ4n) is 1.33. The van der Waals surface area contributed by atoms with E-state index in [-0.39, 0.29) is 5.97 Å². The van der Waals surface area contributed by atoms with Gasteiger partial charge in [-0.15, -0.1) is 0 Å². The van der Waals surface area contributed by atoms with E-state index in [0.717, 1.165) is 12.3 Å². The predicted molar refractivity (Wildman–Crippen MR) is 47.8 cm³/mol. The number of carbonyl (C=O) groups is 1. The van der Waals surface area contributed by atoms with E-state index >= 15 is 0 Å². The molecule has 12 heavy (non-hydrogen) atoms. The molecule has 0 unspecified atom stereocenters. The molecule has 0 bridgehead atoms. The van der Waals surface area contributed by atoms with Crippen molar-refractivity contribution in [2.24, 2.45) is 5.92 Å². The molecule has 0 aromatic carbocycles. The SMILES string of the molecule is CC(=O)OCCCCCC1CC1. The maximum Gasteiger partial charge on any atom is 0.302 e. The van der Waals surface area contributed by atoms with Crippen LogP contribution in [0.4, 0.5) is 0 Å². The second-order valence-electron chi connectivity index (χ2n) is 3.63. The molecule has 1 rings (SSSR count). The van der Waals surface area contributed by atoms with Gasteiger partial charge in [0, 0.05) is 6.92 Å². The Labute approximate surface area is 74.3 Å². The monoisotopic (exact) mass is 170 g/mol. The lowest BCUT2D eigenvalue weighted by atomic mass is 10.1. The quantitative estimate of drug-likeness (QED) is 0.452. The molecule has 1 aliphatic carbocycles. The molecule has 1 fully saturated rings. The van der Waals surface area contributed by atoms with Crippen molar-refractivity contribution in [2.75, 3.05) is 6.61 Å². The smallest absolute Gasteiger partial charge is 0.302 e. The van der Waals surface area contributed by atoms with E-state index in [0.29, 0.717) is 6.61 Å². The van der Waals surface area contributed by atoms with E-state index in [1.807, 2.05) is 0 Å². The molecule has 0 aliphatic heterocycles. The Balaban J connectivity index is 1.73. The Bertz CT molecular complexity index is 139. The van der Waals surface area contributed by atoms with Gasteiger partial charge in [0.2, 0.25) is 0 Å². The largest absolute Gasteiger partial charge is 0.466 e. The average molecular weight is 170 g/mol. The summed E-state index contributed by atoms with van der Waals surface area (Å²) in [6.07, 6.45) is 7.84. The summed E-state index contributed by atoms with van der Waals surface area (Å²) in [6, 6.07) is 0. The molecule has 0 saturated heterocycles. The fraction of sp³-hybridized carbons (Fsp3) is 0.900. The van der Waals surface area contributed by atoms with Crippen molar-refractivity contribution >= 4 is 5.97 Å². The minimum atomic E-state index is -0.155. The van der Waals surface area contributed by atoms with E-state index in [9.17, 15) is 4.79 Å². The van der Waals surface area contributed by atoms with Gasteiger partial charge in [0.25, 0.3) is 0 Å². The van der Waals surface area contributed by atoms with Crippen LogP contribution in [0.15, 0.2) is 0 Å². The van der Waals surface area contributed by atoms with Crippen LogP contribution in [0.1, 0.15) is 45.4 Å². The molecular formula is C10H18O2. The van der Waals surface area contributed by atoms with Gasteiger partial charge in [0.1, 0.15) is 0 Å². The first-order valence-electron chi connectivity index (χ1n) is 4.92. The third-order valence-corrected chi connectivity index (χ3v) is 2.26. The van der Waals surface area contributed by atoms with Gasteiger partial charge in [-0.1, -0.05) is 32.1 Å². The molecule has 0 aromatic rings. The van der Waals surface area contributed by atoms with Crippen LogP contribution in [0, 0.1) is 5.92 Å². The molecule has 0 atom stereocenters. The molecule has 1 aliphatic rings. The van der Waals surface area contributed by atoms with E-state index in [1.165, 1.54) is 39.0 Å². The maximum atomic E-state index is 10.4. The molecule has 70 valence electrons. The highest BCUT2D eigenvalue weighted by atomic mass is 16.5.